The summed E-state index contributed by atoms with van der Waals surface area (Å²) in [6.07, 6.45) is 4.47. The second-order valence-electron chi connectivity index (χ2n) is 4.32. The molecule has 1 heterocycles. The molecule has 0 aliphatic heterocycles. The average Bonchev–Trinajstić information content (AvgIpc) is 2.87. The number of hydrazine groups is 1. The molecular weight excluding hydrogens is 292 g/mol. The molecule has 1 atom stereocenters. The number of furan rings is 1. The Morgan fingerprint density at radius 3 is 2.83 bits per heavy atom. The topological polar surface area (TPSA) is 51.2 Å². The number of halogens is 1. The molecule has 0 aliphatic rings. The van der Waals surface area contributed by atoms with Crippen LogP contribution in [0.4, 0.5) is 0 Å². The van der Waals surface area contributed by atoms with Crippen molar-refractivity contribution in [3.63, 3.8) is 0 Å². The van der Waals surface area contributed by atoms with Crippen molar-refractivity contribution >= 4 is 15.9 Å². The van der Waals surface area contributed by atoms with Gasteiger partial charge in [-0.3, -0.25) is 11.3 Å². The lowest BCUT2D eigenvalue weighted by Gasteiger charge is -2.15. The van der Waals surface area contributed by atoms with Crippen LogP contribution in [0.15, 0.2) is 51.6 Å². The molecule has 4 heteroatoms. The molecule has 2 rings (SSSR count). The van der Waals surface area contributed by atoms with Gasteiger partial charge in [0.2, 0.25) is 0 Å². The van der Waals surface area contributed by atoms with Gasteiger partial charge in [-0.25, -0.2) is 0 Å². The SMILES string of the molecule is NNC(CCc1ccco1)Cc1cccc(Br)c1. The first-order chi connectivity index (χ1) is 8.78. The Morgan fingerprint density at radius 2 is 2.17 bits per heavy atom. The van der Waals surface area contributed by atoms with Crippen LogP contribution >= 0.6 is 15.9 Å². The highest BCUT2D eigenvalue weighted by atomic mass is 79.9. The molecule has 2 aromatic rings. The van der Waals surface area contributed by atoms with E-state index in [1.165, 1.54) is 5.56 Å². The van der Waals surface area contributed by atoms with Gasteiger partial charge in [0, 0.05) is 16.9 Å². The largest absolute Gasteiger partial charge is 0.469 e. The van der Waals surface area contributed by atoms with Gasteiger partial charge in [-0.05, 0) is 42.7 Å². The van der Waals surface area contributed by atoms with Crippen molar-refractivity contribution in [2.45, 2.75) is 25.3 Å². The first-order valence-electron chi connectivity index (χ1n) is 6.01. The van der Waals surface area contributed by atoms with Crippen molar-refractivity contribution in [3.8, 4) is 0 Å². The lowest BCUT2D eigenvalue weighted by atomic mass is 10.0. The van der Waals surface area contributed by atoms with Crippen LogP contribution in [0.5, 0.6) is 0 Å². The van der Waals surface area contributed by atoms with Crippen LogP contribution in [0.1, 0.15) is 17.7 Å². The van der Waals surface area contributed by atoms with E-state index in [0.717, 1.165) is 29.5 Å². The number of hydrogen-bond acceptors (Lipinski definition) is 3. The number of aryl methyl sites for hydroxylation is 1. The Kier molecular flexibility index (Phi) is 4.99. The summed E-state index contributed by atoms with van der Waals surface area (Å²) in [5.41, 5.74) is 4.15. The number of nitrogens with two attached hydrogens (primary N) is 1. The molecule has 1 aromatic carbocycles. The van der Waals surface area contributed by atoms with Gasteiger partial charge in [0.25, 0.3) is 0 Å². The third kappa shape index (κ3) is 3.98. The second kappa shape index (κ2) is 6.73. The molecule has 96 valence electrons. The summed E-state index contributed by atoms with van der Waals surface area (Å²) in [6.45, 7) is 0. The second-order valence-corrected chi connectivity index (χ2v) is 5.23. The zero-order chi connectivity index (χ0) is 12.8. The van der Waals surface area contributed by atoms with Crippen LogP contribution in [0.25, 0.3) is 0 Å². The first-order valence-corrected chi connectivity index (χ1v) is 6.80. The van der Waals surface area contributed by atoms with Gasteiger partial charge < -0.3 is 4.42 Å². The van der Waals surface area contributed by atoms with Crippen LogP contribution in [-0.4, -0.2) is 6.04 Å². The Morgan fingerprint density at radius 1 is 1.28 bits per heavy atom. The minimum absolute atomic E-state index is 0.254. The van der Waals surface area contributed by atoms with E-state index in [1.807, 2.05) is 24.3 Å². The summed E-state index contributed by atoms with van der Waals surface area (Å²) < 4.78 is 6.42. The molecule has 0 radical (unpaired) electrons. The molecule has 3 nitrogen and oxygen atoms in total. The third-order valence-corrected chi connectivity index (χ3v) is 3.42. The van der Waals surface area contributed by atoms with E-state index in [2.05, 4.69) is 33.5 Å². The zero-order valence-electron chi connectivity index (χ0n) is 10.1. The fraction of sp³-hybridized carbons (Fsp3) is 0.286. The van der Waals surface area contributed by atoms with Crippen molar-refractivity contribution in [1.82, 2.24) is 5.43 Å². The van der Waals surface area contributed by atoms with Crippen LogP contribution in [-0.2, 0) is 12.8 Å². The highest BCUT2D eigenvalue weighted by molar-refractivity contribution is 9.10. The third-order valence-electron chi connectivity index (χ3n) is 2.93. The first kappa shape index (κ1) is 13.3. The van der Waals surface area contributed by atoms with Gasteiger partial charge in [0.1, 0.15) is 5.76 Å². The van der Waals surface area contributed by atoms with Crippen molar-refractivity contribution in [2.24, 2.45) is 5.84 Å². The highest BCUT2D eigenvalue weighted by Crippen LogP contribution is 2.15. The van der Waals surface area contributed by atoms with Gasteiger partial charge in [0.05, 0.1) is 6.26 Å². The molecule has 1 unspecified atom stereocenters. The lowest BCUT2D eigenvalue weighted by molar-refractivity contribution is 0.447. The monoisotopic (exact) mass is 308 g/mol. The highest BCUT2D eigenvalue weighted by Gasteiger charge is 2.09. The van der Waals surface area contributed by atoms with E-state index < -0.39 is 0 Å². The molecule has 3 N–H and O–H groups in total. The van der Waals surface area contributed by atoms with Gasteiger partial charge in [-0.1, -0.05) is 28.1 Å². The molecule has 0 aliphatic carbocycles. The minimum Gasteiger partial charge on any atom is -0.469 e. The van der Waals surface area contributed by atoms with E-state index >= 15 is 0 Å². The number of nitrogens with one attached hydrogen (secondary N) is 1. The standard InChI is InChI=1S/C14H17BrN2O/c15-12-4-1-3-11(9-12)10-13(17-16)6-7-14-5-2-8-18-14/h1-5,8-9,13,17H,6-7,10,16H2. The minimum atomic E-state index is 0.254. The maximum Gasteiger partial charge on any atom is 0.103 e. The smallest absolute Gasteiger partial charge is 0.103 e. The Labute approximate surface area is 115 Å². The maximum absolute atomic E-state index is 5.61. The predicted molar refractivity (Wildman–Crippen MR) is 76.0 cm³/mol. The summed E-state index contributed by atoms with van der Waals surface area (Å²) in [7, 11) is 0. The Bertz CT molecular complexity index is 470. The normalized spacial score (nSPS) is 12.6. The molecule has 0 saturated heterocycles. The van der Waals surface area contributed by atoms with Gasteiger partial charge in [-0.15, -0.1) is 0 Å². The zero-order valence-corrected chi connectivity index (χ0v) is 11.7. The van der Waals surface area contributed by atoms with E-state index in [4.69, 9.17) is 10.3 Å². The molecule has 0 spiro atoms. The number of hydrogen-bond donors (Lipinski definition) is 2. The molecule has 0 amide bonds. The summed E-state index contributed by atoms with van der Waals surface area (Å²) in [5, 5.41) is 0. The molecule has 1 aromatic heterocycles. The lowest BCUT2D eigenvalue weighted by Crippen LogP contribution is -2.37. The van der Waals surface area contributed by atoms with Crippen molar-refractivity contribution in [2.75, 3.05) is 0 Å². The quantitative estimate of drug-likeness (QED) is 0.637. The van der Waals surface area contributed by atoms with Gasteiger partial charge in [-0.2, -0.15) is 0 Å². The summed E-state index contributed by atoms with van der Waals surface area (Å²) in [5.74, 6) is 6.61. The van der Waals surface area contributed by atoms with E-state index in [1.54, 1.807) is 6.26 Å². The van der Waals surface area contributed by atoms with Crippen LogP contribution < -0.4 is 11.3 Å². The molecule has 0 fully saturated rings. The Hall–Kier alpha value is -1.10. The molecular formula is C14H17BrN2O. The fourth-order valence-electron chi connectivity index (χ4n) is 1.96. The van der Waals surface area contributed by atoms with E-state index in [0.29, 0.717) is 0 Å². The summed E-state index contributed by atoms with van der Waals surface area (Å²) in [4.78, 5) is 0. The summed E-state index contributed by atoms with van der Waals surface area (Å²) in [6, 6.07) is 12.5. The molecule has 0 bridgehead atoms. The van der Waals surface area contributed by atoms with Crippen LogP contribution in [0.3, 0.4) is 0 Å². The maximum atomic E-state index is 5.61. The average molecular weight is 309 g/mol. The fourth-order valence-corrected chi connectivity index (χ4v) is 2.41. The molecule has 0 saturated carbocycles. The molecule has 18 heavy (non-hydrogen) atoms. The van der Waals surface area contributed by atoms with E-state index in [-0.39, 0.29) is 6.04 Å². The number of rotatable bonds is 6. The van der Waals surface area contributed by atoms with E-state index in [9.17, 15) is 0 Å². The predicted octanol–water partition coefficient (Wildman–Crippen LogP) is 3.05. The van der Waals surface area contributed by atoms with Gasteiger partial charge >= 0.3 is 0 Å². The summed E-state index contributed by atoms with van der Waals surface area (Å²) >= 11 is 3.48. The van der Waals surface area contributed by atoms with Gasteiger partial charge in [0.15, 0.2) is 0 Å². The van der Waals surface area contributed by atoms with Crippen molar-refractivity contribution < 1.29 is 4.42 Å². The van der Waals surface area contributed by atoms with Crippen molar-refractivity contribution in [3.05, 3.63) is 58.5 Å². The van der Waals surface area contributed by atoms with Crippen molar-refractivity contribution in [1.29, 1.82) is 0 Å². The van der Waals surface area contributed by atoms with Crippen LogP contribution in [0, 0.1) is 0 Å². The van der Waals surface area contributed by atoms with Crippen LogP contribution in [0.2, 0.25) is 0 Å². The Balaban J connectivity index is 1.89. The number of benzene rings is 1.